The summed E-state index contributed by atoms with van der Waals surface area (Å²) in [6.45, 7) is 0. The van der Waals surface area contributed by atoms with Gasteiger partial charge < -0.3 is 0 Å². The van der Waals surface area contributed by atoms with E-state index < -0.39 is 17.9 Å². The van der Waals surface area contributed by atoms with E-state index in [9.17, 15) is 0 Å². The summed E-state index contributed by atoms with van der Waals surface area (Å²) in [5.41, 5.74) is 0. The summed E-state index contributed by atoms with van der Waals surface area (Å²) < 4.78 is 52.0. The summed E-state index contributed by atoms with van der Waals surface area (Å²) in [7, 11) is 0. The minimum atomic E-state index is -9.68. The van der Waals surface area contributed by atoms with Crippen molar-refractivity contribution in [2.24, 2.45) is 0 Å². The fraction of sp³-hybridized carbons (Fsp3) is 0. The van der Waals surface area contributed by atoms with Crippen molar-refractivity contribution in [2.45, 2.75) is 0 Å². The molecule has 0 radical (unpaired) electrons. The van der Waals surface area contributed by atoms with Crippen LogP contribution in [0.25, 0.3) is 0 Å². The van der Waals surface area contributed by atoms with Gasteiger partial charge in [-0.1, -0.05) is 0 Å². The summed E-state index contributed by atoms with van der Waals surface area (Å²) in [6.07, 6.45) is 0. The van der Waals surface area contributed by atoms with Crippen LogP contribution < -0.4 is 329 Å². The summed E-state index contributed by atoms with van der Waals surface area (Å²) in [4.78, 5) is 0. The van der Waals surface area contributed by atoms with Crippen LogP contribution in [0.3, 0.4) is 0 Å². The van der Waals surface area contributed by atoms with E-state index >= 15 is 0 Å². The molecule has 0 spiro atoms. The summed E-state index contributed by atoms with van der Waals surface area (Å²) >= 11 is -9.68. The van der Waals surface area contributed by atoms with Crippen LogP contribution in [0.5, 0.6) is 0 Å². The minimum absolute atomic E-state index is 0. The molecule has 0 aromatic rings. The third kappa shape index (κ3) is 86.3. The van der Waals surface area contributed by atoms with Gasteiger partial charge >= 0.3 is 347 Å². The Labute approximate surface area is 333 Å². The van der Waals surface area contributed by atoms with Crippen LogP contribution in [-0.2, 0) is 0 Å². The van der Waals surface area contributed by atoms with E-state index in [1.165, 1.54) is 0 Å². The average Bonchev–Trinajstić information content (AvgIpc) is 0.592. The van der Waals surface area contributed by atoms with E-state index in [0.717, 1.165) is 0 Å². The Morgan fingerprint density at radius 1 is 0.385 bits per heavy atom. The molecule has 0 aromatic heterocycles. The van der Waals surface area contributed by atoms with Gasteiger partial charge in [-0.25, -0.2) is 0 Å². The zero-order valence-corrected chi connectivity index (χ0v) is 29.9. The molecule has 0 N–H and O–H groups in total. The Hall–Kier alpha value is 10.4. The van der Waals surface area contributed by atoms with Gasteiger partial charge in [0.2, 0.25) is 0 Å². The van der Waals surface area contributed by atoms with Crippen molar-refractivity contribution >= 4 is 17.9 Å². The standard InChI is InChI=1S/6K.H6O6Te/c;;;;;;1-7(2,3,4,5)6/h;;;;;;1-6H/q6*+1;/p-6. The van der Waals surface area contributed by atoms with Crippen LogP contribution in [0.15, 0.2) is 0 Å². The first-order chi connectivity index (χ1) is 2.45. The van der Waals surface area contributed by atoms with Gasteiger partial charge in [-0.05, 0) is 0 Å². The average molecular weight is 458 g/mol. The number of hydrogen-bond acceptors (Lipinski definition) is 6. The molecule has 0 saturated carbocycles. The first-order valence-electron chi connectivity index (χ1n) is 1.00. The van der Waals surface area contributed by atoms with Gasteiger partial charge in [0.25, 0.3) is 0 Å². The molecule has 0 amide bonds. The molecule has 13 heavy (non-hydrogen) atoms. The van der Waals surface area contributed by atoms with Gasteiger partial charge in [0.05, 0.1) is 0 Å². The Balaban J connectivity index is -0.0000000120. The molecular weight excluding hydrogens is 458 g/mol. The van der Waals surface area contributed by atoms with Gasteiger partial charge in [0.1, 0.15) is 0 Å². The van der Waals surface area contributed by atoms with Gasteiger partial charge in [-0.3, -0.25) is 0 Å². The van der Waals surface area contributed by atoms with Crippen LogP contribution in [0.1, 0.15) is 0 Å². The van der Waals surface area contributed by atoms with Crippen molar-refractivity contribution in [2.75, 3.05) is 0 Å². The summed E-state index contributed by atoms with van der Waals surface area (Å²) in [6, 6.07) is 0. The van der Waals surface area contributed by atoms with Crippen molar-refractivity contribution < 1.29 is 329 Å². The predicted molar refractivity (Wildman–Crippen MR) is 5.75 cm³/mol. The molecule has 0 fully saturated rings. The van der Waals surface area contributed by atoms with Gasteiger partial charge in [-0.2, -0.15) is 0 Å². The molecule has 0 aliphatic carbocycles. The summed E-state index contributed by atoms with van der Waals surface area (Å²) in [5.74, 6) is 0. The van der Waals surface area contributed by atoms with Crippen molar-refractivity contribution in [1.82, 2.24) is 0 Å². The van der Waals surface area contributed by atoms with Crippen LogP contribution >= 0.6 is 0 Å². The van der Waals surface area contributed by atoms with E-state index in [1.54, 1.807) is 0 Å². The Bertz CT molecular complexity index is 75.7. The van der Waals surface area contributed by atoms with E-state index in [-0.39, 0.29) is 308 Å². The van der Waals surface area contributed by atoms with E-state index in [1.807, 2.05) is 0 Å². The first-order valence-corrected chi connectivity index (χ1v) is 6.71. The van der Waals surface area contributed by atoms with E-state index in [2.05, 4.69) is 0 Å². The maximum atomic E-state index is 8.67. The zero-order chi connectivity index (χ0) is 6.41. The van der Waals surface area contributed by atoms with Crippen molar-refractivity contribution in [3.8, 4) is 0 Å². The second-order valence-corrected chi connectivity index (χ2v) is 6.85. The molecule has 0 rings (SSSR count). The molecule has 0 unspecified atom stereocenters. The molecule has 13 heteroatoms. The number of hydrogen-bond donors (Lipinski definition) is 0. The van der Waals surface area contributed by atoms with Crippen molar-refractivity contribution in [1.29, 1.82) is 0 Å². The molecule has 0 heterocycles. The molecule has 0 bridgehead atoms. The van der Waals surface area contributed by atoms with Crippen molar-refractivity contribution in [3.05, 3.63) is 0 Å². The molecule has 6 nitrogen and oxygen atoms in total. The van der Waals surface area contributed by atoms with Crippen LogP contribution in [0.4, 0.5) is 0 Å². The quantitative estimate of drug-likeness (QED) is 0.331. The van der Waals surface area contributed by atoms with Crippen molar-refractivity contribution in [3.63, 3.8) is 0 Å². The van der Waals surface area contributed by atoms with Crippen LogP contribution in [-0.4, -0.2) is 17.9 Å². The van der Waals surface area contributed by atoms with Gasteiger partial charge in [0, 0.05) is 0 Å². The molecule has 0 aliphatic heterocycles. The Morgan fingerprint density at radius 3 is 0.385 bits per heavy atom. The topological polar surface area (TPSA) is 138 Å². The molecular formula is K6O6Te. The van der Waals surface area contributed by atoms with Gasteiger partial charge in [0.15, 0.2) is 0 Å². The predicted octanol–water partition coefficient (Wildman–Crippen LogP) is -25.5. The monoisotopic (exact) mass is 460 g/mol. The zero-order valence-electron chi connectivity index (χ0n) is 8.86. The second-order valence-electron chi connectivity index (χ2n) is 1.02. The number of rotatable bonds is 0. The summed E-state index contributed by atoms with van der Waals surface area (Å²) in [5, 5.41) is 0. The Morgan fingerprint density at radius 2 is 0.385 bits per heavy atom. The molecule has 0 atom stereocenters. The van der Waals surface area contributed by atoms with Gasteiger partial charge in [-0.15, -0.1) is 0 Å². The maximum absolute atomic E-state index is 9.68. The third-order valence-electron chi connectivity index (χ3n) is 0. The molecule has 48 valence electrons. The molecule has 0 aromatic carbocycles. The first kappa shape index (κ1) is 43.6. The van der Waals surface area contributed by atoms with Crippen LogP contribution in [0, 0.1) is 0 Å². The Kier molecular flexibility index (Phi) is 53.3. The fourth-order valence-electron chi connectivity index (χ4n) is 0. The van der Waals surface area contributed by atoms with E-state index in [0.29, 0.717) is 0 Å². The third-order valence-corrected chi connectivity index (χ3v) is 0. The fourth-order valence-corrected chi connectivity index (χ4v) is 0. The molecule has 0 saturated heterocycles. The SMILES string of the molecule is [K+].[K+].[K+].[K+].[K+].[K+].[O-][Te]([O-])([O-])([O-])([O-])[O-]. The normalized spacial score (nSPS) is 12.5. The molecule has 0 aliphatic rings. The van der Waals surface area contributed by atoms with E-state index in [4.69, 9.17) is 20.8 Å². The second kappa shape index (κ2) is 15.9. The van der Waals surface area contributed by atoms with Crippen LogP contribution in [0.2, 0.25) is 0 Å².